The summed E-state index contributed by atoms with van der Waals surface area (Å²) in [6.07, 6.45) is 1.26. The summed E-state index contributed by atoms with van der Waals surface area (Å²) in [5.41, 5.74) is 4.51. The molecule has 32 heavy (non-hydrogen) atoms. The number of hydrogen-bond donors (Lipinski definition) is 1. The Morgan fingerprint density at radius 2 is 1.78 bits per heavy atom. The van der Waals surface area contributed by atoms with Crippen molar-refractivity contribution < 1.29 is 14.3 Å². The second-order valence-electron chi connectivity index (χ2n) is 7.96. The molecule has 1 N–H and O–H groups in total. The lowest BCUT2D eigenvalue weighted by Crippen LogP contribution is -2.29. The molecule has 0 unspecified atom stereocenters. The molecule has 2 aliphatic rings. The highest BCUT2D eigenvalue weighted by Crippen LogP contribution is 2.51. The summed E-state index contributed by atoms with van der Waals surface area (Å²) in [6.45, 7) is 0. The van der Waals surface area contributed by atoms with Crippen LogP contribution >= 0.6 is 34.5 Å². The van der Waals surface area contributed by atoms with Gasteiger partial charge in [0.15, 0.2) is 17.3 Å². The van der Waals surface area contributed by atoms with Crippen molar-refractivity contribution in [3.63, 3.8) is 0 Å². The maximum absolute atomic E-state index is 13.5. The normalized spacial score (nSPS) is 19.8. The highest BCUT2D eigenvalue weighted by Gasteiger charge is 2.39. The van der Waals surface area contributed by atoms with Crippen molar-refractivity contribution >= 4 is 46.0 Å². The Balaban J connectivity index is 1.69. The van der Waals surface area contributed by atoms with Gasteiger partial charge in [-0.1, -0.05) is 35.3 Å². The summed E-state index contributed by atoms with van der Waals surface area (Å²) >= 11 is 14.3. The molecule has 2 aromatic carbocycles. The van der Waals surface area contributed by atoms with Crippen LogP contribution in [-0.4, -0.2) is 20.0 Å². The third kappa shape index (κ3) is 3.58. The van der Waals surface area contributed by atoms with E-state index in [1.165, 1.54) is 4.88 Å². The molecule has 0 saturated carbocycles. The highest BCUT2D eigenvalue weighted by atomic mass is 35.5. The average Bonchev–Trinajstić information content (AvgIpc) is 3.33. The molecule has 2 atom stereocenters. The molecule has 0 radical (unpaired) electrons. The van der Waals surface area contributed by atoms with Gasteiger partial charge in [0.2, 0.25) is 0 Å². The molecular formula is C25H21Cl2NO3S. The lowest BCUT2D eigenvalue weighted by molar-refractivity contribution is -0.116. The van der Waals surface area contributed by atoms with Gasteiger partial charge in [0.25, 0.3) is 0 Å². The van der Waals surface area contributed by atoms with Crippen molar-refractivity contribution in [3.8, 4) is 11.5 Å². The fourth-order valence-corrected chi connectivity index (χ4v) is 5.84. The Kier molecular flexibility index (Phi) is 5.66. The summed E-state index contributed by atoms with van der Waals surface area (Å²) in [7, 11) is 3.22. The number of anilines is 1. The molecule has 0 amide bonds. The molecule has 5 rings (SSSR count). The van der Waals surface area contributed by atoms with Crippen molar-refractivity contribution in [3.05, 3.63) is 85.2 Å². The Morgan fingerprint density at radius 1 is 1.00 bits per heavy atom. The van der Waals surface area contributed by atoms with Gasteiger partial charge < -0.3 is 14.8 Å². The lowest BCUT2D eigenvalue weighted by atomic mass is 9.73. The fraction of sp³-hybridized carbons (Fsp3) is 0.240. The van der Waals surface area contributed by atoms with Crippen molar-refractivity contribution in [2.75, 3.05) is 19.5 Å². The van der Waals surface area contributed by atoms with Crippen molar-refractivity contribution in [2.45, 2.75) is 24.7 Å². The van der Waals surface area contributed by atoms with Crippen LogP contribution in [-0.2, 0) is 4.79 Å². The molecule has 0 spiro atoms. The summed E-state index contributed by atoms with van der Waals surface area (Å²) in [6, 6.07) is 13.6. The topological polar surface area (TPSA) is 47.6 Å². The van der Waals surface area contributed by atoms with Gasteiger partial charge in [0, 0.05) is 46.2 Å². The molecule has 0 bridgehead atoms. The van der Waals surface area contributed by atoms with Crippen LogP contribution < -0.4 is 14.8 Å². The number of halogens is 2. The van der Waals surface area contributed by atoms with E-state index >= 15 is 0 Å². The second kappa shape index (κ2) is 8.47. The Hall–Kier alpha value is -2.47. The maximum atomic E-state index is 13.5. The van der Waals surface area contributed by atoms with Crippen LogP contribution in [0.3, 0.4) is 0 Å². The standard InChI is InChI=1S/C25H21Cl2NO3S/c1-30-21-11-15-18(12-22(21)31-2)28-19-9-14(23-4-3-7-32-23)10-20(29)25(19)24(15)13-5-6-16(26)17(27)8-13/h3-8,11-12,14,24,28H,9-10H2,1-2H3/t14-,24-/m0/s1. The molecule has 1 aromatic heterocycles. The van der Waals surface area contributed by atoms with E-state index in [2.05, 4.69) is 16.8 Å². The van der Waals surface area contributed by atoms with Gasteiger partial charge in [-0.25, -0.2) is 0 Å². The summed E-state index contributed by atoms with van der Waals surface area (Å²) in [5.74, 6) is 1.29. The number of hydrogen-bond acceptors (Lipinski definition) is 5. The molecule has 1 aliphatic heterocycles. The van der Waals surface area contributed by atoms with E-state index in [0.29, 0.717) is 28.0 Å². The number of thiophene rings is 1. The molecule has 7 heteroatoms. The smallest absolute Gasteiger partial charge is 0.162 e. The third-order valence-electron chi connectivity index (χ3n) is 6.17. The van der Waals surface area contributed by atoms with E-state index in [-0.39, 0.29) is 17.6 Å². The molecule has 164 valence electrons. The number of methoxy groups -OCH3 is 2. The Morgan fingerprint density at radius 3 is 2.47 bits per heavy atom. The number of ether oxygens (including phenoxy) is 2. The van der Waals surface area contributed by atoms with E-state index in [1.54, 1.807) is 31.6 Å². The molecule has 4 nitrogen and oxygen atoms in total. The Bertz CT molecular complexity index is 1240. The van der Waals surface area contributed by atoms with E-state index in [4.69, 9.17) is 32.7 Å². The number of rotatable bonds is 4. The highest BCUT2D eigenvalue weighted by molar-refractivity contribution is 7.10. The minimum absolute atomic E-state index is 0.147. The predicted octanol–water partition coefficient (Wildman–Crippen LogP) is 7.03. The monoisotopic (exact) mass is 485 g/mol. The minimum Gasteiger partial charge on any atom is -0.493 e. The summed E-state index contributed by atoms with van der Waals surface area (Å²) in [5, 5.41) is 6.55. The van der Waals surface area contributed by atoms with Crippen LogP contribution in [0.4, 0.5) is 5.69 Å². The molecule has 0 saturated heterocycles. The number of allylic oxidation sites excluding steroid dienone is 2. The molecule has 1 aliphatic carbocycles. The zero-order valence-electron chi connectivity index (χ0n) is 17.6. The molecular weight excluding hydrogens is 465 g/mol. The summed E-state index contributed by atoms with van der Waals surface area (Å²) < 4.78 is 11.1. The number of benzene rings is 2. The number of nitrogens with one attached hydrogen (secondary N) is 1. The lowest BCUT2D eigenvalue weighted by Gasteiger charge is -2.36. The molecule has 3 aromatic rings. The first-order valence-electron chi connectivity index (χ1n) is 10.3. The van der Waals surface area contributed by atoms with Crippen LogP contribution in [0, 0.1) is 0 Å². The quantitative estimate of drug-likeness (QED) is 0.430. The van der Waals surface area contributed by atoms with Crippen LogP contribution in [0.25, 0.3) is 0 Å². The molecule has 2 heterocycles. The largest absolute Gasteiger partial charge is 0.493 e. The number of fused-ring (bicyclic) bond motifs is 1. The SMILES string of the molecule is COc1cc2c(cc1OC)[C@H](c1ccc(Cl)c(Cl)c1)C1=C(C[C@H](c3cccs3)CC1=O)N2. The zero-order valence-corrected chi connectivity index (χ0v) is 19.9. The number of carbonyl (C=O) groups excluding carboxylic acids is 1. The number of Topliss-reactive ketones (excluding diaryl/α,β-unsaturated/α-hetero) is 1. The van der Waals surface area contributed by atoms with Crippen molar-refractivity contribution in [1.29, 1.82) is 0 Å². The zero-order chi connectivity index (χ0) is 22.4. The van der Waals surface area contributed by atoms with Crippen LogP contribution in [0.1, 0.15) is 40.7 Å². The van der Waals surface area contributed by atoms with Crippen LogP contribution in [0.15, 0.2) is 59.1 Å². The Labute approximate surface area is 200 Å². The van der Waals surface area contributed by atoms with E-state index in [9.17, 15) is 4.79 Å². The van der Waals surface area contributed by atoms with E-state index < -0.39 is 0 Å². The second-order valence-corrected chi connectivity index (χ2v) is 9.76. The van der Waals surface area contributed by atoms with Gasteiger partial charge >= 0.3 is 0 Å². The minimum atomic E-state index is -0.271. The van der Waals surface area contributed by atoms with Gasteiger partial charge in [-0.2, -0.15) is 0 Å². The van der Waals surface area contributed by atoms with Gasteiger partial charge in [0.1, 0.15) is 0 Å². The van der Waals surface area contributed by atoms with Crippen molar-refractivity contribution in [1.82, 2.24) is 0 Å². The predicted molar refractivity (Wildman–Crippen MR) is 130 cm³/mol. The number of carbonyl (C=O) groups is 1. The van der Waals surface area contributed by atoms with Gasteiger partial charge in [-0.15, -0.1) is 11.3 Å². The third-order valence-corrected chi connectivity index (χ3v) is 7.95. The first-order valence-corrected chi connectivity index (χ1v) is 11.9. The fourth-order valence-electron chi connectivity index (χ4n) is 4.71. The number of ketones is 1. The van der Waals surface area contributed by atoms with Gasteiger partial charge in [0.05, 0.1) is 24.3 Å². The first kappa shape index (κ1) is 21.4. The van der Waals surface area contributed by atoms with Crippen molar-refractivity contribution in [2.24, 2.45) is 0 Å². The van der Waals surface area contributed by atoms with Gasteiger partial charge in [-0.05, 0) is 47.2 Å². The van der Waals surface area contributed by atoms with Gasteiger partial charge in [-0.3, -0.25) is 4.79 Å². The molecule has 0 fully saturated rings. The van der Waals surface area contributed by atoms with E-state index in [1.807, 2.05) is 30.3 Å². The van der Waals surface area contributed by atoms with E-state index in [0.717, 1.165) is 34.5 Å². The summed E-state index contributed by atoms with van der Waals surface area (Å²) in [4.78, 5) is 14.8. The van der Waals surface area contributed by atoms with Crippen LogP contribution in [0.2, 0.25) is 10.0 Å². The maximum Gasteiger partial charge on any atom is 0.162 e. The van der Waals surface area contributed by atoms with Crippen LogP contribution in [0.5, 0.6) is 11.5 Å². The average molecular weight is 486 g/mol. The first-order chi connectivity index (χ1) is 15.5.